The van der Waals surface area contributed by atoms with Crippen LogP contribution in [-0.2, 0) is 50.2 Å². The molecular weight excluding hydrogens is 628 g/mol. The fourth-order valence-electron chi connectivity index (χ4n) is 4.10. The lowest BCUT2D eigenvalue weighted by Crippen LogP contribution is -2.55. The van der Waals surface area contributed by atoms with E-state index in [1.165, 1.54) is 26.0 Å². The summed E-state index contributed by atoms with van der Waals surface area (Å²) in [7, 11) is -5.07. The molecule has 0 unspecified atom stereocenters. The molecule has 1 aromatic rings. The highest BCUT2D eigenvalue weighted by atomic mass is 32.2. The maximum Gasteiger partial charge on any atom is 0.312 e. The standard InChI is InChI=1S/C28H36N6O11S/c1-16(2)24(33-26(39)21(46(42,43)44)12-14-34-22(36)10-11-23(34)37)27(40)32-20(5-4-13-30-28(29)41)25(38)31-19-8-6-18(7-9-19)15-45-17(3)35/h6-11,20-21,24H,1,4-5,12-15H2,2-3H3,(H,31,38)(H,32,40)(H,33,39)(H3,29,30,41)(H,42,43,44)/t20-,21-,24-/m0/s1. The number of primary amides is 1. The molecule has 0 radical (unpaired) electrons. The van der Waals surface area contributed by atoms with Gasteiger partial charge in [0.15, 0.2) is 5.25 Å². The number of hydrogen-bond donors (Lipinski definition) is 6. The summed E-state index contributed by atoms with van der Waals surface area (Å²) in [5.74, 6) is -4.88. The van der Waals surface area contributed by atoms with Crippen molar-refractivity contribution in [1.29, 1.82) is 0 Å². The van der Waals surface area contributed by atoms with E-state index >= 15 is 0 Å². The zero-order valence-corrected chi connectivity index (χ0v) is 25.9. The van der Waals surface area contributed by atoms with Crippen molar-refractivity contribution >= 4 is 57.3 Å². The minimum atomic E-state index is -5.07. The van der Waals surface area contributed by atoms with Gasteiger partial charge in [-0.05, 0) is 49.5 Å². The molecule has 7 N–H and O–H groups in total. The summed E-state index contributed by atoms with van der Waals surface area (Å²) in [6.45, 7) is 5.83. The molecule has 2 rings (SSSR count). The van der Waals surface area contributed by atoms with Crippen molar-refractivity contribution in [3.8, 4) is 0 Å². The van der Waals surface area contributed by atoms with Crippen molar-refractivity contribution in [3.63, 3.8) is 0 Å². The Morgan fingerprint density at radius 1 is 0.957 bits per heavy atom. The maximum atomic E-state index is 13.3. The van der Waals surface area contributed by atoms with Crippen molar-refractivity contribution in [2.24, 2.45) is 5.73 Å². The molecule has 1 aliphatic rings. The van der Waals surface area contributed by atoms with E-state index in [0.29, 0.717) is 16.2 Å². The third-order valence-corrected chi connectivity index (χ3v) is 7.64. The summed E-state index contributed by atoms with van der Waals surface area (Å²) in [5.41, 5.74) is 6.08. The van der Waals surface area contributed by atoms with E-state index in [1.807, 2.05) is 0 Å². The van der Waals surface area contributed by atoms with Gasteiger partial charge in [-0.2, -0.15) is 8.42 Å². The van der Waals surface area contributed by atoms with Crippen LogP contribution in [0.2, 0.25) is 0 Å². The highest BCUT2D eigenvalue weighted by Gasteiger charge is 2.36. The van der Waals surface area contributed by atoms with Crippen molar-refractivity contribution in [2.75, 3.05) is 18.4 Å². The number of nitrogens with zero attached hydrogens (tertiary/aromatic N) is 1. The molecule has 0 fully saturated rings. The fourth-order valence-corrected chi connectivity index (χ4v) is 4.84. The van der Waals surface area contributed by atoms with Gasteiger partial charge in [-0.25, -0.2) is 4.79 Å². The van der Waals surface area contributed by atoms with E-state index in [9.17, 15) is 46.5 Å². The normalized spacial score (nSPS) is 14.5. The van der Waals surface area contributed by atoms with Crippen LogP contribution in [0.15, 0.2) is 48.6 Å². The summed E-state index contributed by atoms with van der Waals surface area (Å²) in [6, 6.07) is 2.67. The Kier molecular flexibility index (Phi) is 13.6. The number of nitrogens with one attached hydrogen (secondary N) is 4. The molecule has 46 heavy (non-hydrogen) atoms. The number of amides is 7. The predicted molar refractivity (Wildman–Crippen MR) is 162 cm³/mol. The number of imide groups is 1. The first-order chi connectivity index (χ1) is 21.5. The number of rotatable bonds is 17. The molecule has 18 heteroatoms. The van der Waals surface area contributed by atoms with Gasteiger partial charge >= 0.3 is 12.0 Å². The molecule has 3 atom stereocenters. The first kappa shape index (κ1) is 37.1. The number of anilines is 1. The molecule has 0 aliphatic carbocycles. The van der Waals surface area contributed by atoms with Crippen molar-refractivity contribution in [2.45, 2.75) is 57.1 Å². The van der Waals surface area contributed by atoms with Gasteiger partial charge in [-0.1, -0.05) is 18.7 Å². The second-order valence-electron chi connectivity index (χ2n) is 10.2. The van der Waals surface area contributed by atoms with E-state index < -0.39 is 82.0 Å². The largest absolute Gasteiger partial charge is 0.461 e. The van der Waals surface area contributed by atoms with E-state index in [2.05, 4.69) is 27.8 Å². The summed E-state index contributed by atoms with van der Waals surface area (Å²) in [5, 5.41) is 7.49. The van der Waals surface area contributed by atoms with Gasteiger partial charge in [0.2, 0.25) is 17.7 Å². The van der Waals surface area contributed by atoms with E-state index in [0.717, 1.165) is 12.2 Å². The maximum absolute atomic E-state index is 13.3. The third kappa shape index (κ3) is 11.8. The highest BCUT2D eigenvalue weighted by Crippen LogP contribution is 2.14. The quantitative estimate of drug-likeness (QED) is 0.0397. The molecule has 17 nitrogen and oxygen atoms in total. The molecule has 0 saturated carbocycles. The molecule has 250 valence electrons. The predicted octanol–water partition coefficient (Wildman–Crippen LogP) is -0.746. The van der Waals surface area contributed by atoms with E-state index in [4.69, 9.17) is 10.5 Å². The van der Waals surface area contributed by atoms with Crippen molar-refractivity contribution in [1.82, 2.24) is 20.9 Å². The van der Waals surface area contributed by atoms with Crippen molar-refractivity contribution in [3.05, 3.63) is 54.1 Å². The molecule has 1 aliphatic heterocycles. The van der Waals surface area contributed by atoms with Gasteiger partial charge in [0, 0.05) is 37.9 Å². The van der Waals surface area contributed by atoms with Crippen LogP contribution in [0, 0.1) is 0 Å². The van der Waals surface area contributed by atoms with E-state index in [1.54, 1.807) is 12.1 Å². The topological polar surface area (TPSA) is 260 Å². The molecule has 0 bridgehead atoms. The summed E-state index contributed by atoms with van der Waals surface area (Å²) in [6.07, 6.45) is 1.42. The number of nitrogens with two attached hydrogens (primary N) is 1. The first-order valence-corrected chi connectivity index (χ1v) is 15.3. The van der Waals surface area contributed by atoms with Gasteiger partial charge in [-0.3, -0.25) is 38.2 Å². The second kappa shape index (κ2) is 16.8. The minimum absolute atomic E-state index is 0.0151. The molecule has 1 aromatic carbocycles. The lowest BCUT2D eigenvalue weighted by molar-refractivity contribution is -0.142. The Morgan fingerprint density at radius 3 is 2.09 bits per heavy atom. The number of hydrogen-bond acceptors (Lipinski definition) is 10. The van der Waals surface area contributed by atoms with Crippen LogP contribution in [0.25, 0.3) is 0 Å². The number of esters is 1. The zero-order valence-electron chi connectivity index (χ0n) is 25.1. The van der Waals surface area contributed by atoms with Crippen LogP contribution < -0.4 is 27.0 Å². The number of carbonyl (C=O) groups excluding carboxylic acids is 7. The van der Waals surface area contributed by atoms with Gasteiger partial charge in [-0.15, -0.1) is 0 Å². The SMILES string of the molecule is C=C(C)[C@H](NC(=O)[C@H](CCN1C(=O)C=CC1=O)S(=O)(=O)O)C(=O)N[C@@H](CCCNC(N)=O)C(=O)Nc1ccc(COC(C)=O)cc1. The Labute approximate surface area is 264 Å². The smallest absolute Gasteiger partial charge is 0.312 e. The number of carbonyl (C=O) groups is 7. The summed E-state index contributed by atoms with van der Waals surface area (Å²) < 4.78 is 38.7. The molecule has 7 amide bonds. The molecule has 0 saturated heterocycles. The Morgan fingerprint density at radius 2 is 1.57 bits per heavy atom. The first-order valence-electron chi connectivity index (χ1n) is 13.8. The molecule has 0 aromatic heterocycles. The fraction of sp³-hybridized carbons (Fsp3) is 0.393. The van der Waals surface area contributed by atoms with Crippen LogP contribution in [-0.4, -0.2) is 89.8 Å². The van der Waals surface area contributed by atoms with Crippen LogP contribution >= 0.6 is 0 Å². The third-order valence-electron chi connectivity index (χ3n) is 6.47. The lowest BCUT2D eigenvalue weighted by atomic mass is 10.1. The van der Waals surface area contributed by atoms with Crippen LogP contribution in [0.1, 0.15) is 38.7 Å². The highest BCUT2D eigenvalue weighted by molar-refractivity contribution is 7.87. The monoisotopic (exact) mass is 664 g/mol. The van der Waals surface area contributed by atoms with Crippen LogP contribution in [0.3, 0.4) is 0 Å². The average Bonchev–Trinajstić information content (AvgIpc) is 3.28. The van der Waals surface area contributed by atoms with Crippen molar-refractivity contribution < 1.29 is 51.3 Å². The van der Waals surface area contributed by atoms with Gasteiger partial charge < -0.3 is 31.7 Å². The molecule has 0 spiro atoms. The molecule has 1 heterocycles. The minimum Gasteiger partial charge on any atom is -0.461 e. The Hall–Kier alpha value is -5.10. The van der Waals surface area contributed by atoms with Crippen LogP contribution in [0.4, 0.5) is 10.5 Å². The van der Waals surface area contributed by atoms with Gasteiger partial charge in [0.1, 0.15) is 18.7 Å². The summed E-state index contributed by atoms with van der Waals surface area (Å²) >= 11 is 0. The number of urea groups is 1. The zero-order chi connectivity index (χ0) is 34.6. The number of benzene rings is 1. The molecular formula is C28H36N6O11S. The Bertz CT molecular complexity index is 1490. The second-order valence-corrected chi connectivity index (χ2v) is 11.8. The van der Waals surface area contributed by atoms with Gasteiger partial charge in [0.25, 0.3) is 21.9 Å². The lowest BCUT2D eigenvalue weighted by Gasteiger charge is -2.25. The number of ether oxygens (including phenoxy) is 1. The Balaban J connectivity index is 2.17. The summed E-state index contributed by atoms with van der Waals surface area (Å²) in [4.78, 5) is 85.9. The average molecular weight is 665 g/mol. The van der Waals surface area contributed by atoms with Crippen LogP contribution in [0.5, 0.6) is 0 Å². The van der Waals surface area contributed by atoms with Gasteiger partial charge in [0.05, 0.1) is 0 Å². The van der Waals surface area contributed by atoms with E-state index in [-0.39, 0.29) is 31.6 Å².